The van der Waals surface area contributed by atoms with E-state index in [0.717, 1.165) is 22.5 Å². The average molecular weight is 272 g/mol. The maximum atomic E-state index is 13.2. The molecule has 0 aliphatic rings. The van der Waals surface area contributed by atoms with E-state index in [1.54, 1.807) is 0 Å². The summed E-state index contributed by atoms with van der Waals surface area (Å²) in [7, 11) is 0. The number of para-hydroxylation sites is 1. The van der Waals surface area contributed by atoms with Crippen molar-refractivity contribution in [3.05, 3.63) is 71.4 Å². The second kappa shape index (κ2) is 5.06. The molecule has 1 aromatic heterocycles. The zero-order chi connectivity index (χ0) is 14.1. The molecule has 2 nitrogen and oxygen atoms in total. The largest absolute Gasteiger partial charge is 0.343 e. The number of nitrogens with two attached hydrogens (primary N) is 1. The maximum absolute atomic E-state index is 13.2. The monoisotopic (exact) mass is 272 g/mol. The molecule has 0 amide bonds. The lowest BCUT2D eigenvalue weighted by Crippen LogP contribution is -2.04. The highest BCUT2D eigenvalue weighted by atomic mass is 19.1. The molecule has 3 aromatic rings. The fourth-order valence-corrected chi connectivity index (χ4v) is 2.54. The predicted octanol–water partition coefficient (Wildman–Crippen LogP) is 3.43. The summed E-state index contributed by atoms with van der Waals surface area (Å²) >= 11 is 0. The molecule has 4 heteroatoms. The molecule has 0 radical (unpaired) electrons. The highest BCUT2D eigenvalue weighted by Gasteiger charge is 2.07. The highest BCUT2D eigenvalue weighted by Crippen LogP contribution is 2.21. The quantitative estimate of drug-likeness (QED) is 0.778. The number of rotatable bonds is 3. The first-order valence-electron chi connectivity index (χ1n) is 6.39. The molecule has 2 N–H and O–H groups in total. The molecule has 0 aliphatic carbocycles. The summed E-state index contributed by atoms with van der Waals surface area (Å²) in [5.74, 6) is -1.12. The molecule has 3 rings (SSSR count). The normalized spacial score (nSPS) is 11.2. The molecule has 0 aliphatic heterocycles. The van der Waals surface area contributed by atoms with Crippen molar-refractivity contribution in [2.24, 2.45) is 5.73 Å². The summed E-state index contributed by atoms with van der Waals surface area (Å²) in [5.41, 5.74) is 8.37. The van der Waals surface area contributed by atoms with E-state index in [-0.39, 0.29) is 0 Å². The van der Waals surface area contributed by atoms with Crippen molar-refractivity contribution in [1.82, 2.24) is 4.57 Å². The zero-order valence-corrected chi connectivity index (χ0v) is 10.8. The number of halogens is 2. The van der Waals surface area contributed by atoms with Gasteiger partial charge in [0.15, 0.2) is 0 Å². The lowest BCUT2D eigenvalue weighted by Gasteiger charge is -2.09. The Hall–Kier alpha value is -2.20. The van der Waals surface area contributed by atoms with E-state index >= 15 is 0 Å². The van der Waals surface area contributed by atoms with E-state index in [0.29, 0.717) is 18.7 Å². The van der Waals surface area contributed by atoms with Gasteiger partial charge in [0.05, 0.1) is 5.52 Å². The van der Waals surface area contributed by atoms with Crippen LogP contribution in [0.2, 0.25) is 0 Å². The Morgan fingerprint density at radius 3 is 2.45 bits per heavy atom. The van der Waals surface area contributed by atoms with Crippen LogP contribution in [0, 0.1) is 11.6 Å². The summed E-state index contributed by atoms with van der Waals surface area (Å²) in [6, 6.07) is 11.5. The third kappa shape index (κ3) is 2.30. The van der Waals surface area contributed by atoms with Gasteiger partial charge in [-0.2, -0.15) is 0 Å². The van der Waals surface area contributed by atoms with Crippen LogP contribution in [0.5, 0.6) is 0 Å². The van der Waals surface area contributed by atoms with Crippen molar-refractivity contribution in [2.45, 2.75) is 13.1 Å². The summed E-state index contributed by atoms with van der Waals surface area (Å²) in [5, 5.41) is 1.07. The van der Waals surface area contributed by atoms with Gasteiger partial charge < -0.3 is 10.3 Å². The van der Waals surface area contributed by atoms with Gasteiger partial charge in [-0.3, -0.25) is 0 Å². The lowest BCUT2D eigenvalue weighted by molar-refractivity contribution is 0.578. The Bertz CT molecular complexity index is 742. The van der Waals surface area contributed by atoms with Crippen LogP contribution in [0.15, 0.2) is 48.7 Å². The molecular formula is C16H14F2N2. The molecule has 0 fully saturated rings. The van der Waals surface area contributed by atoms with Gasteiger partial charge in [0.25, 0.3) is 0 Å². The second-order valence-corrected chi connectivity index (χ2v) is 4.78. The van der Waals surface area contributed by atoms with Crippen molar-refractivity contribution in [2.75, 3.05) is 0 Å². The first kappa shape index (κ1) is 12.8. The number of hydrogen-bond donors (Lipinski definition) is 1. The molecule has 1 heterocycles. The van der Waals surface area contributed by atoms with Crippen molar-refractivity contribution in [1.29, 1.82) is 0 Å². The van der Waals surface area contributed by atoms with Crippen molar-refractivity contribution in [3.63, 3.8) is 0 Å². The first-order chi connectivity index (χ1) is 9.67. The SMILES string of the molecule is NCc1cccc2ccn(Cc3cc(F)cc(F)c3)c12. The van der Waals surface area contributed by atoms with Gasteiger partial charge in [0.1, 0.15) is 11.6 Å². The number of nitrogens with zero attached hydrogens (tertiary/aromatic N) is 1. The van der Waals surface area contributed by atoms with Gasteiger partial charge in [-0.1, -0.05) is 18.2 Å². The minimum absolute atomic E-state index is 0.412. The smallest absolute Gasteiger partial charge is 0.126 e. The van der Waals surface area contributed by atoms with Crippen LogP contribution in [0.25, 0.3) is 10.9 Å². The Balaban J connectivity index is 2.06. The van der Waals surface area contributed by atoms with Gasteiger partial charge in [-0.15, -0.1) is 0 Å². The fraction of sp³-hybridized carbons (Fsp3) is 0.125. The third-order valence-corrected chi connectivity index (χ3v) is 3.37. The lowest BCUT2D eigenvalue weighted by atomic mass is 10.1. The summed E-state index contributed by atoms with van der Waals surface area (Å²) in [6.07, 6.45) is 1.91. The molecule has 2 aromatic carbocycles. The summed E-state index contributed by atoms with van der Waals surface area (Å²) < 4.78 is 28.5. The Morgan fingerprint density at radius 1 is 1.00 bits per heavy atom. The van der Waals surface area contributed by atoms with E-state index in [1.807, 2.05) is 35.0 Å². The standard InChI is InChI=1S/C16H14F2N2/c17-14-6-11(7-15(18)8-14)10-20-5-4-12-2-1-3-13(9-19)16(12)20/h1-8H,9-10,19H2. The Morgan fingerprint density at radius 2 is 1.75 bits per heavy atom. The van der Waals surface area contributed by atoms with E-state index < -0.39 is 11.6 Å². The minimum Gasteiger partial charge on any atom is -0.343 e. The highest BCUT2D eigenvalue weighted by molar-refractivity contribution is 5.83. The van der Waals surface area contributed by atoms with Crippen molar-refractivity contribution in [3.8, 4) is 0 Å². The van der Waals surface area contributed by atoms with E-state index in [4.69, 9.17) is 5.73 Å². The van der Waals surface area contributed by atoms with Gasteiger partial charge in [0.2, 0.25) is 0 Å². The van der Waals surface area contributed by atoms with Gasteiger partial charge >= 0.3 is 0 Å². The van der Waals surface area contributed by atoms with Crippen LogP contribution < -0.4 is 5.73 Å². The number of hydrogen-bond acceptors (Lipinski definition) is 1. The molecule has 0 unspecified atom stereocenters. The van der Waals surface area contributed by atoms with Crippen LogP contribution in [0.4, 0.5) is 8.78 Å². The van der Waals surface area contributed by atoms with Gasteiger partial charge in [-0.25, -0.2) is 8.78 Å². The Kier molecular flexibility index (Phi) is 3.24. The third-order valence-electron chi connectivity index (χ3n) is 3.37. The first-order valence-corrected chi connectivity index (χ1v) is 6.39. The fourth-order valence-electron chi connectivity index (χ4n) is 2.54. The maximum Gasteiger partial charge on any atom is 0.126 e. The summed E-state index contributed by atoms with van der Waals surface area (Å²) in [6.45, 7) is 0.841. The molecule has 0 atom stereocenters. The summed E-state index contributed by atoms with van der Waals surface area (Å²) in [4.78, 5) is 0. The number of benzene rings is 2. The second-order valence-electron chi connectivity index (χ2n) is 4.78. The molecule has 102 valence electrons. The predicted molar refractivity (Wildman–Crippen MR) is 75.3 cm³/mol. The molecular weight excluding hydrogens is 258 g/mol. The molecule has 0 spiro atoms. The van der Waals surface area contributed by atoms with Crippen LogP contribution in [-0.2, 0) is 13.1 Å². The van der Waals surface area contributed by atoms with Crippen LogP contribution in [-0.4, -0.2) is 4.57 Å². The molecule has 0 bridgehead atoms. The molecule has 0 saturated heterocycles. The topological polar surface area (TPSA) is 30.9 Å². The van der Waals surface area contributed by atoms with Crippen LogP contribution >= 0.6 is 0 Å². The van der Waals surface area contributed by atoms with Crippen LogP contribution in [0.1, 0.15) is 11.1 Å². The van der Waals surface area contributed by atoms with Crippen LogP contribution in [0.3, 0.4) is 0 Å². The number of fused-ring (bicyclic) bond motifs is 1. The van der Waals surface area contributed by atoms with Crippen molar-refractivity contribution < 1.29 is 8.78 Å². The van der Waals surface area contributed by atoms with E-state index in [9.17, 15) is 8.78 Å². The average Bonchev–Trinajstić information content (AvgIpc) is 2.81. The number of aromatic nitrogens is 1. The van der Waals surface area contributed by atoms with Gasteiger partial charge in [0, 0.05) is 25.4 Å². The minimum atomic E-state index is -0.560. The van der Waals surface area contributed by atoms with Gasteiger partial charge in [-0.05, 0) is 34.7 Å². The molecule has 0 saturated carbocycles. The Labute approximate surface area is 115 Å². The van der Waals surface area contributed by atoms with Crippen molar-refractivity contribution >= 4 is 10.9 Å². The van der Waals surface area contributed by atoms with E-state index in [2.05, 4.69) is 0 Å². The zero-order valence-electron chi connectivity index (χ0n) is 10.8. The molecule has 20 heavy (non-hydrogen) atoms. The van der Waals surface area contributed by atoms with E-state index in [1.165, 1.54) is 12.1 Å².